The van der Waals surface area contributed by atoms with Gasteiger partial charge in [-0.1, -0.05) is 6.07 Å². The maximum Gasteiger partial charge on any atom is 0.140 e. The molecule has 0 saturated heterocycles. The first-order chi connectivity index (χ1) is 13.0. The van der Waals surface area contributed by atoms with Crippen LogP contribution in [-0.2, 0) is 12.8 Å². The van der Waals surface area contributed by atoms with Crippen molar-refractivity contribution in [3.05, 3.63) is 45.9 Å². The Labute approximate surface area is 167 Å². The molecule has 146 valence electrons. The molecule has 6 nitrogen and oxygen atoms in total. The largest absolute Gasteiger partial charge is 0.496 e. The van der Waals surface area contributed by atoms with Crippen molar-refractivity contribution in [2.75, 3.05) is 27.4 Å². The average Bonchev–Trinajstić information content (AvgIpc) is 2.68. The number of ether oxygens (including phenoxy) is 4. The lowest BCUT2D eigenvalue weighted by Crippen LogP contribution is -2.34. The van der Waals surface area contributed by atoms with Crippen LogP contribution in [0.2, 0.25) is 0 Å². The summed E-state index contributed by atoms with van der Waals surface area (Å²) in [5.41, 5.74) is 13.8. The van der Waals surface area contributed by atoms with Crippen LogP contribution in [-0.4, -0.2) is 39.5 Å². The molecule has 0 amide bonds. The van der Waals surface area contributed by atoms with Gasteiger partial charge in [-0.25, -0.2) is 0 Å². The summed E-state index contributed by atoms with van der Waals surface area (Å²) >= 11 is 3.44. The van der Waals surface area contributed by atoms with Crippen LogP contribution in [0.15, 0.2) is 34.8 Å². The van der Waals surface area contributed by atoms with E-state index in [0.29, 0.717) is 13.2 Å². The van der Waals surface area contributed by atoms with E-state index < -0.39 is 0 Å². The summed E-state index contributed by atoms with van der Waals surface area (Å²) in [5, 5.41) is 0. The second-order valence-electron chi connectivity index (χ2n) is 6.54. The van der Waals surface area contributed by atoms with E-state index in [0.717, 1.165) is 51.4 Å². The molecule has 2 aromatic rings. The second kappa shape index (κ2) is 8.82. The molecule has 0 aliphatic carbocycles. The van der Waals surface area contributed by atoms with E-state index in [1.54, 1.807) is 14.2 Å². The number of fused-ring (bicyclic) bond motifs is 2. The molecule has 2 aliphatic rings. The highest BCUT2D eigenvalue weighted by Crippen LogP contribution is 2.38. The Hall–Kier alpha value is -1.96. The molecule has 0 bridgehead atoms. The lowest BCUT2D eigenvalue weighted by atomic mass is 10.0. The highest BCUT2D eigenvalue weighted by molar-refractivity contribution is 9.10. The second-order valence-corrected chi connectivity index (χ2v) is 7.40. The molecule has 2 heterocycles. The molecule has 0 fully saturated rings. The van der Waals surface area contributed by atoms with Gasteiger partial charge in [0.15, 0.2) is 0 Å². The van der Waals surface area contributed by atoms with Crippen LogP contribution in [0.5, 0.6) is 23.0 Å². The fraction of sp³-hybridized carbons (Fsp3) is 0.400. The molecule has 7 heteroatoms. The van der Waals surface area contributed by atoms with E-state index >= 15 is 0 Å². The van der Waals surface area contributed by atoms with Crippen molar-refractivity contribution in [3.63, 3.8) is 0 Å². The third kappa shape index (κ3) is 4.48. The number of benzene rings is 2. The topological polar surface area (TPSA) is 89.0 Å². The minimum atomic E-state index is 0.0608. The Bertz CT molecular complexity index is 786. The van der Waals surface area contributed by atoms with Crippen molar-refractivity contribution in [2.45, 2.75) is 24.9 Å². The van der Waals surface area contributed by atoms with Gasteiger partial charge in [0.1, 0.15) is 36.2 Å². The van der Waals surface area contributed by atoms with Crippen molar-refractivity contribution in [3.8, 4) is 23.0 Å². The fourth-order valence-corrected chi connectivity index (χ4v) is 3.71. The monoisotopic (exact) mass is 436 g/mol. The minimum absolute atomic E-state index is 0.0608. The maximum absolute atomic E-state index is 5.83. The van der Waals surface area contributed by atoms with Crippen LogP contribution in [0, 0.1) is 0 Å². The molecule has 4 rings (SSSR count). The average molecular weight is 437 g/mol. The van der Waals surface area contributed by atoms with E-state index in [-0.39, 0.29) is 12.1 Å². The number of methoxy groups -OCH3 is 2. The third-order valence-corrected chi connectivity index (χ3v) is 5.15. The summed E-state index contributed by atoms with van der Waals surface area (Å²) < 4.78 is 22.5. The van der Waals surface area contributed by atoms with Gasteiger partial charge in [0.25, 0.3) is 0 Å². The first-order valence-electron chi connectivity index (χ1n) is 8.81. The Morgan fingerprint density at radius 2 is 1.52 bits per heavy atom. The van der Waals surface area contributed by atoms with Crippen LogP contribution in [0.3, 0.4) is 0 Å². The van der Waals surface area contributed by atoms with Crippen LogP contribution in [0.4, 0.5) is 0 Å². The van der Waals surface area contributed by atoms with E-state index in [2.05, 4.69) is 15.9 Å². The highest BCUT2D eigenvalue weighted by Gasteiger charge is 2.22. The Balaban J connectivity index is 0.000000156. The van der Waals surface area contributed by atoms with Crippen LogP contribution < -0.4 is 30.4 Å². The van der Waals surface area contributed by atoms with Crippen LogP contribution in [0.1, 0.15) is 11.1 Å². The minimum Gasteiger partial charge on any atom is -0.496 e. The van der Waals surface area contributed by atoms with Gasteiger partial charge < -0.3 is 30.4 Å². The summed E-state index contributed by atoms with van der Waals surface area (Å²) in [6, 6.07) is 9.80. The molecule has 0 radical (unpaired) electrons. The van der Waals surface area contributed by atoms with Gasteiger partial charge in [0.2, 0.25) is 0 Å². The van der Waals surface area contributed by atoms with Gasteiger partial charge in [-0.05, 0) is 53.0 Å². The number of hydrogen-bond acceptors (Lipinski definition) is 6. The highest BCUT2D eigenvalue weighted by atomic mass is 79.9. The van der Waals surface area contributed by atoms with Gasteiger partial charge in [-0.3, -0.25) is 0 Å². The van der Waals surface area contributed by atoms with Crippen molar-refractivity contribution in [1.82, 2.24) is 0 Å². The van der Waals surface area contributed by atoms with E-state index in [9.17, 15) is 0 Å². The summed E-state index contributed by atoms with van der Waals surface area (Å²) in [5.74, 6) is 3.48. The molecule has 0 spiro atoms. The first-order valence-corrected chi connectivity index (χ1v) is 9.60. The lowest BCUT2D eigenvalue weighted by molar-refractivity contribution is 0.257. The van der Waals surface area contributed by atoms with Gasteiger partial charge in [-0.2, -0.15) is 0 Å². The Morgan fingerprint density at radius 1 is 0.889 bits per heavy atom. The normalized spacial score (nSPS) is 20.0. The zero-order valence-electron chi connectivity index (χ0n) is 15.5. The van der Waals surface area contributed by atoms with Gasteiger partial charge in [0.05, 0.1) is 18.7 Å². The molecule has 2 aromatic carbocycles. The predicted molar refractivity (Wildman–Crippen MR) is 108 cm³/mol. The Morgan fingerprint density at radius 3 is 2.22 bits per heavy atom. The number of rotatable bonds is 2. The number of nitrogens with two attached hydrogens (primary N) is 2. The zero-order valence-corrected chi connectivity index (χ0v) is 17.1. The van der Waals surface area contributed by atoms with Gasteiger partial charge >= 0.3 is 0 Å². The molecule has 0 saturated carbocycles. The van der Waals surface area contributed by atoms with Gasteiger partial charge in [0, 0.05) is 23.2 Å². The molecule has 27 heavy (non-hydrogen) atoms. The predicted octanol–water partition coefficient (Wildman–Crippen LogP) is 2.68. The van der Waals surface area contributed by atoms with Crippen molar-refractivity contribution in [1.29, 1.82) is 0 Å². The first kappa shape index (κ1) is 19.8. The molecule has 4 N–H and O–H groups in total. The van der Waals surface area contributed by atoms with E-state index in [1.165, 1.54) is 0 Å². The molecule has 2 atom stereocenters. The third-order valence-electron chi connectivity index (χ3n) is 4.53. The van der Waals surface area contributed by atoms with E-state index in [1.807, 2.05) is 30.3 Å². The summed E-state index contributed by atoms with van der Waals surface area (Å²) in [4.78, 5) is 0. The SMILES string of the molecule is COc1ccc(Br)c2c1C[C@@H](N)CO2.COc1cccc2c1C[C@@H](N)CO2. The number of halogens is 1. The number of hydrogen-bond donors (Lipinski definition) is 2. The lowest BCUT2D eigenvalue weighted by Gasteiger charge is -2.24. The Kier molecular flexibility index (Phi) is 6.46. The summed E-state index contributed by atoms with van der Waals surface area (Å²) in [7, 11) is 3.32. The molecule has 2 aliphatic heterocycles. The molecule has 0 unspecified atom stereocenters. The standard InChI is InChI=1S/C10H12BrNO2.C10H13NO2/c1-13-9-3-2-8(11)10-7(9)4-6(12)5-14-10;1-12-9-3-2-4-10-8(9)5-7(11)6-13-10/h2-3,6H,4-5,12H2,1H3;2-4,7H,5-6,11H2,1H3/t6-;7-/m11/s1. The smallest absolute Gasteiger partial charge is 0.140 e. The molecular formula is C20H25BrN2O4. The van der Waals surface area contributed by atoms with Crippen LogP contribution >= 0.6 is 15.9 Å². The maximum atomic E-state index is 5.83. The zero-order chi connectivity index (χ0) is 19.4. The van der Waals surface area contributed by atoms with Crippen molar-refractivity contribution >= 4 is 15.9 Å². The summed E-state index contributed by atoms with van der Waals surface area (Å²) in [6.07, 6.45) is 1.64. The van der Waals surface area contributed by atoms with Crippen molar-refractivity contribution < 1.29 is 18.9 Å². The molecule has 0 aromatic heterocycles. The van der Waals surface area contributed by atoms with Crippen LogP contribution in [0.25, 0.3) is 0 Å². The summed E-state index contributed by atoms with van der Waals surface area (Å²) in [6.45, 7) is 1.17. The van der Waals surface area contributed by atoms with Crippen molar-refractivity contribution in [2.24, 2.45) is 11.5 Å². The van der Waals surface area contributed by atoms with E-state index in [4.69, 9.17) is 30.4 Å². The molecular weight excluding hydrogens is 412 g/mol. The quantitative estimate of drug-likeness (QED) is 0.751. The fourth-order valence-electron chi connectivity index (χ4n) is 3.22. The van der Waals surface area contributed by atoms with Gasteiger partial charge in [-0.15, -0.1) is 0 Å².